The van der Waals surface area contributed by atoms with E-state index in [0.717, 1.165) is 16.5 Å². The Balaban J connectivity index is 1.70. The fourth-order valence-corrected chi connectivity index (χ4v) is 2.10. The van der Waals surface area contributed by atoms with Gasteiger partial charge in [-0.05, 0) is 11.5 Å². The van der Waals surface area contributed by atoms with Crippen LogP contribution in [0.1, 0.15) is 11.7 Å². The second kappa shape index (κ2) is 6.37. The maximum Gasteiger partial charge on any atom is 0.264 e. The lowest BCUT2D eigenvalue weighted by atomic mass is 10.1. The van der Waals surface area contributed by atoms with Crippen molar-refractivity contribution in [3.8, 4) is 5.75 Å². The molecule has 0 aliphatic heterocycles. The van der Waals surface area contributed by atoms with Gasteiger partial charge in [0.05, 0.1) is 6.61 Å². The molecular formula is C16H16N2O3. The molecule has 0 aliphatic rings. The standard InChI is InChI=1S/C16H16N2O3/c1-19-10-9-15-17-16(21-18-15)11-20-14-8-4-6-12-5-2-3-7-13(12)14/h2-8H,9-11H2,1H3. The Morgan fingerprint density at radius 3 is 2.86 bits per heavy atom. The highest BCUT2D eigenvalue weighted by molar-refractivity contribution is 5.88. The second-order valence-electron chi connectivity index (χ2n) is 4.61. The van der Waals surface area contributed by atoms with Gasteiger partial charge in [-0.3, -0.25) is 0 Å². The molecule has 3 aromatic rings. The minimum atomic E-state index is 0.258. The number of hydrogen-bond acceptors (Lipinski definition) is 5. The van der Waals surface area contributed by atoms with Crippen molar-refractivity contribution in [1.29, 1.82) is 0 Å². The van der Waals surface area contributed by atoms with Crippen LogP contribution in [-0.2, 0) is 17.8 Å². The number of methoxy groups -OCH3 is 1. The summed E-state index contributed by atoms with van der Waals surface area (Å²) < 4.78 is 15.9. The van der Waals surface area contributed by atoms with Gasteiger partial charge in [0.2, 0.25) is 0 Å². The molecule has 0 radical (unpaired) electrons. The van der Waals surface area contributed by atoms with Crippen LogP contribution in [0.25, 0.3) is 10.8 Å². The number of aromatic nitrogens is 2. The van der Waals surface area contributed by atoms with Gasteiger partial charge in [0, 0.05) is 18.9 Å². The SMILES string of the molecule is COCCc1noc(COc2cccc3ccccc23)n1. The third-order valence-corrected chi connectivity index (χ3v) is 3.14. The first-order valence-corrected chi connectivity index (χ1v) is 6.78. The predicted octanol–water partition coefficient (Wildman–Crippen LogP) is 2.99. The summed E-state index contributed by atoms with van der Waals surface area (Å²) in [4.78, 5) is 4.26. The molecule has 3 rings (SSSR count). The number of ether oxygens (including phenoxy) is 2. The van der Waals surface area contributed by atoms with Crippen LogP contribution in [0, 0.1) is 0 Å². The molecule has 0 aliphatic carbocycles. The average Bonchev–Trinajstić information content (AvgIpc) is 2.99. The van der Waals surface area contributed by atoms with E-state index in [4.69, 9.17) is 14.0 Å². The molecule has 0 bridgehead atoms. The minimum absolute atomic E-state index is 0.258. The average molecular weight is 284 g/mol. The van der Waals surface area contributed by atoms with E-state index < -0.39 is 0 Å². The highest BCUT2D eigenvalue weighted by Gasteiger charge is 2.08. The van der Waals surface area contributed by atoms with Gasteiger partial charge in [0.25, 0.3) is 5.89 Å². The first-order chi connectivity index (χ1) is 10.4. The highest BCUT2D eigenvalue weighted by Crippen LogP contribution is 2.25. The summed E-state index contributed by atoms with van der Waals surface area (Å²) in [5, 5.41) is 6.09. The van der Waals surface area contributed by atoms with Crippen molar-refractivity contribution in [1.82, 2.24) is 10.1 Å². The Morgan fingerprint density at radius 2 is 1.95 bits per heavy atom. The Hall–Kier alpha value is -2.40. The van der Waals surface area contributed by atoms with Crippen molar-refractivity contribution in [2.24, 2.45) is 0 Å². The third kappa shape index (κ3) is 3.20. The van der Waals surface area contributed by atoms with Crippen LogP contribution >= 0.6 is 0 Å². The largest absolute Gasteiger partial charge is 0.483 e. The van der Waals surface area contributed by atoms with Crippen molar-refractivity contribution < 1.29 is 14.0 Å². The molecule has 0 spiro atoms. The van der Waals surface area contributed by atoms with Gasteiger partial charge >= 0.3 is 0 Å². The van der Waals surface area contributed by atoms with Crippen molar-refractivity contribution >= 4 is 10.8 Å². The minimum Gasteiger partial charge on any atom is -0.483 e. The van der Waals surface area contributed by atoms with Crippen LogP contribution in [-0.4, -0.2) is 23.9 Å². The number of nitrogens with zero attached hydrogens (tertiary/aromatic N) is 2. The fourth-order valence-electron chi connectivity index (χ4n) is 2.10. The highest BCUT2D eigenvalue weighted by atomic mass is 16.5. The van der Waals surface area contributed by atoms with Crippen molar-refractivity contribution in [2.75, 3.05) is 13.7 Å². The summed E-state index contributed by atoms with van der Waals surface area (Å²) in [7, 11) is 1.64. The molecule has 5 nitrogen and oxygen atoms in total. The molecule has 0 unspecified atom stereocenters. The second-order valence-corrected chi connectivity index (χ2v) is 4.61. The van der Waals surface area contributed by atoms with Crippen molar-refractivity contribution in [3.05, 3.63) is 54.2 Å². The molecule has 0 amide bonds. The fraction of sp³-hybridized carbons (Fsp3) is 0.250. The Kier molecular flexibility index (Phi) is 4.12. The van der Waals surface area contributed by atoms with Gasteiger partial charge in [0.15, 0.2) is 12.4 Å². The molecule has 0 atom stereocenters. The zero-order valence-corrected chi connectivity index (χ0v) is 11.8. The van der Waals surface area contributed by atoms with Crippen LogP contribution in [0.3, 0.4) is 0 Å². The lowest BCUT2D eigenvalue weighted by Gasteiger charge is -2.06. The zero-order valence-electron chi connectivity index (χ0n) is 11.8. The molecule has 21 heavy (non-hydrogen) atoms. The smallest absolute Gasteiger partial charge is 0.264 e. The molecule has 0 saturated carbocycles. The maximum absolute atomic E-state index is 5.80. The van der Waals surface area contributed by atoms with Crippen molar-refractivity contribution in [2.45, 2.75) is 13.0 Å². The topological polar surface area (TPSA) is 57.4 Å². The molecule has 1 aromatic heterocycles. The number of benzene rings is 2. The first kappa shape index (κ1) is 13.6. The molecule has 1 heterocycles. The van der Waals surface area contributed by atoms with Crippen LogP contribution in [0.15, 0.2) is 47.0 Å². The van der Waals surface area contributed by atoms with E-state index in [1.54, 1.807) is 7.11 Å². The third-order valence-electron chi connectivity index (χ3n) is 3.14. The van der Waals surface area contributed by atoms with Gasteiger partial charge in [-0.25, -0.2) is 0 Å². The van der Waals surface area contributed by atoms with Crippen LogP contribution in [0.4, 0.5) is 0 Å². The van der Waals surface area contributed by atoms with Crippen molar-refractivity contribution in [3.63, 3.8) is 0 Å². The maximum atomic E-state index is 5.80. The van der Waals surface area contributed by atoms with Crippen LogP contribution in [0.2, 0.25) is 0 Å². The summed E-state index contributed by atoms with van der Waals surface area (Å²) in [5.41, 5.74) is 0. The molecule has 2 aromatic carbocycles. The predicted molar refractivity (Wildman–Crippen MR) is 78.2 cm³/mol. The van der Waals surface area contributed by atoms with E-state index in [1.807, 2.05) is 30.3 Å². The quantitative estimate of drug-likeness (QED) is 0.696. The van der Waals surface area contributed by atoms with Gasteiger partial charge in [-0.2, -0.15) is 4.98 Å². The summed E-state index contributed by atoms with van der Waals surface area (Å²) in [6.07, 6.45) is 0.633. The molecular weight excluding hydrogens is 268 g/mol. The van der Waals surface area contributed by atoms with Gasteiger partial charge in [-0.1, -0.05) is 41.6 Å². The molecule has 108 valence electrons. The summed E-state index contributed by atoms with van der Waals surface area (Å²) in [5.74, 6) is 1.91. The van der Waals surface area contributed by atoms with Gasteiger partial charge in [0.1, 0.15) is 5.75 Å². The molecule has 0 saturated heterocycles. The van der Waals surface area contributed by atoms with E-state index in [1.165, 1.54) is 0 Å². The van der Waals surface area contributed by atoms with E-state index in [0.29, 0.717) is 24.7 Å². The number of hydrogen-bond donors (Lipinski definition) is 0. The number of fused-ring (bicyclic) bond motifs is 1. The van der Waals surface area contributed by atoms with Gasteiger partial charge < -0.3 is 14.0 Å². The van der Waals surface area contributed by atoms with E-state index in [-0.39, 0.29) is 6.61 Å². The van der Waals surface area contributed by atoms with Crippen LogP contribution < -0.4 is 4.74 Å². The summed E-state index contributed by atoms with van der Waals surface area (Å²) in [6, 6.07) is 14.0. The Morgan fingerprint density at radius 1 is 1.10 bits per heavy atom. The lowest BCUT2D eigenvalue weighted by Crippen LogP contribution is -1.99. The van der Waals surface area contributed by atoms with E-state index in [2.05, 4.69) is 22.3 Å². The van der Waals surface area contributed by atoms with Gasteiger partial charge in [-0.15, -0.1) is 0 Å². The normalized spacial score (nSPS) is 10.9. The summed E-state index contributed by atoms with van der Waals surface area (Å²) >= 11 is 0. The first-order valence-electron chi connectivity index (χ1n) is 6.78. The molecule has 5 heteroatoms. The molecule has 0 N–H and O–H groups in total. The Labute approximate surface area is 122 Å². The van der Waals surface area contributed by atoms with E-state index in [9.17, 15) is 0 Å². The van der Waals surface area contributed by atoms with E-state index >= 15 is 0 Å². The summed E-state index contributed by atoms with van der Waals surface area (Å²) in [6.45, 7) is 0.830. The zero-order chi connectivity index (χ0) is 14.5. The monoisotopic (exact) mass is 284 g/mol. The van der Waals surface area contributed by atoms with Crippen LogP contribution in [0.5, 0.6) is 5.75 Å². The lowest BCUT2D eigenvalue weighted by molar-refractivity contribution is 0.199. The molecule has 0 fully saturated rings. The Bertz CT molecular complexity index is 719. The number of rotatable bonds is 6.